The van der Waals surface area contributed by atoms with Crippen molar-refractivity contribution in [3.8, 4) is 6.07 Å². The summed E-state index contributed by atoms with van der Waals surface area (Å²) in [6.07, 6.45) is 0.343. The summed E-state index contributed by atoms with van der Waals surface area (Å²) in [6.45, 7) is 0. The summed E-state index contributed by atoms with van der Waals surface area (Å²) >= 11 is 3.39. The molecular weight excluding hydrogens is 316 g/mol. The smallest absolute Gasteiger partial charge is 0.231 e. The highest BCUT2D eigenvalue weighted by Crippen LogP contribution is 2.16. The van der Waals surface area contributed by atoms with Crippen LogP contribution in [0, 0.1) is 11.3 Å². The third-order valence-corrected chi connectivity index (χ3v) is 3.50. The van der Waals surface area contributed by atoms with E-state index < -0.39 is 0 Å². The van der Waals surface area contributed by atoms with Crippen molar-refractivity contribution < 1.29 is 4.79 Å². The number of hydrogen-bond donors (Lipinski definition) is 0. The summed E-state index contributed by atoms with van der Waals surface area (Å²) in [5.41, 5.74) is 2.33. The number of nitriles is 1. The Morgan fingerprint density at radius 3 is 2.55 bits per heavy atom. The second kappa shape index (κ2) is 6.36. The predicted octanol–water partition coefficient (Wildman–Crippen LogP) is 3.53. The van der Waals surface area contributed by atoms with Crippen LogP contribution in [0.15, 0.2) is 53.0 Å². The lowest BCUT2D eigenvalue weighted by Crippen LogP contribution is -2.27. The van der Waals surface area contributed by atoms with Gasteiger partial charge in [0.25, 0.3) is 0 Å². The van der Waals surface area contributed by atoms with Gasteiger partial charge in [0, 0.05) is 17.2 Å². The van der Waals surface area contributed by atoms with Crippen LogP contribution in [0.25, 0.3) is 0 Å². The van der Waals surface area contributed by atoms with E-state index in [1.807, 2.05) is 24.3 Å². The highest BCUT2D eigenvalue weighted by molar-refractivity contribution is 9.10. The molecule has 20 heavy (non-hydrogen) atoms. The lowest BCUT2D eigenvalue weighted by Gasteiger charge is -2.17. The van der Waals surface area contributed by atoms with E-state index in [0.29, 0.717) is 12.0 Å². The van der Waals surface area contributed by atoms with Crippen LogP contribution in [-0.2, 0) is 11.2 Å². The van der Waals surface area contributed by atoms with E-state index in [1.165, 1.54) is 0 Å². The third kappa shape index (κ3) is 3.46. The van der Waals surface area contributed by atoms with Crippen LogP contribution in [0.1, 0.15) is 11.1 Å². The number of likely N-dealkylation sites (N-methyl/N-ethyl adjacent to an activating group) is 1. The maximum Gasteiger partial charge on any atom is 0.231 e. The minimum absolute atomic E-state index is 0.00723. The molecule has 0 spiro atoms. The van der Waals surface area contributed by atoms with Gasteiger partial charge in [-0.3, -0.25) is 4.79 Å². The van der Waals surface area contributed by atoms with Gasteiger partial charge in [-0.1, -0.05) is 28.1 Å². The van der Waals surface area contributed by atoms with Gasteiger partial charge in [0.05, 0.1) is 18.1 Å². The van der Waals surface area contributed by atoms with Gasteiger partial charge in [-0.25, -0.2) is 0 Å². The molecule has 1 amide bonds. The lowest BCUT2D eigenvalue weighted by atomic mass is 10.1. The summed E-state index contributed by atoms with van der Waals surface area (Å²) in [7, 11) is 1.74. The molecule has 2 rings (SSSR count). The van der Waals surface area contributed by atoms with E-state index >= 15 is 0 Å². The Morgan fingerprint density at radius 2 is 1.95 bits per heavy atom. The first kappa shape index (κ1) is 14.3. The molecule has 0 aromatic heterocycles. The maximum atomic E-state index is 12.2. The van der Waals surface area contributed by atoms with Crippen molar-refractivity contribution >= 4 is 27.5 Å². The highest BCUT2D eigenvalue weighted by Gasteiger charge is 2.11. The van der Waals surface area contributed by atoms with Crippen molar-refractivity contribution in [2.24, 2.45) is 0 Å². The van der Waals surface area contributed by atoms with Crippen molar-refractivity contribution in [2.75, 3.05) is 11.9 Å². The molecule has 100 valence electrons. The zero-order chi connectivity index (χ0) is 14.5. The largest absolute Gasteiger partial charge is 0.315 e. The molecular formula is C16H13BrN2O. The zero-order valence-electron chi connectivity index (χ0n) is 11.0. The Kier molecular flexibility index (Phi) is 4.54. The fraction of sp³-hybridized carbons (Fsp3) is 0.125. The molecule has 0 aliphatic carbocycles. The van der Waals surface area contributed by atoms with Crippen molar-refractivity contribution in [3.05, 3.63) is 64.1 Å². The number of amides is 1. The van der Waals surface area contributed by atoms with Gasteiger partial charge in [-0.05, 0) is 42.0 Å². The van der Waals surface area contributed by atoms with Crippen LogP contribution in [0.4, 0.5) is 5.69 Å². The zero-order valence-corrected chi connectivity index (χ0v) is 12.6. The Balaban J connectivity index is 2.10. The molecule has 0 bridgehead atoms. The number of carbonyl (C=O) groups is 1. The van der Waals surface area contributed by atoms with Crippen LogP contribution >= 0.6 is 15.9 Å². The molecule has 0 saturated heterocycles. The van der Waals surface area contributed by atoms with Crippen LogP contribution < -0.4 is 4.90 Å². The number of halogens is 1. The molecule has 0 unspecified atom stereocenters. The Bertz CT molecular complexity index is 659. The molecule has 2 aromatic rings. The van der Waals surface area contributed by atoms with Crippen LogP contribution in [0.5, 0.6) is 0 Å². The first-order valence-electron chi connectivity index (χ1n) is 6.11. The fourth-order valence-electron chi connectivity index (χ4n) is 1.84. The topological polar surface area (TPSA) is 44.1 Å². The van der Waals surface area contributed by atoms with Crippen molar-refractivity contribution in [1.82, 2.24) is 0 Å². The van der Waals surface area contributed by atoms with Gasteiger partial charge < -0.3 is 4.90 Å². The van der Waals surface area contributed by atoms with Crippen LogP contribution in [0.2, 0.25) is 0 Å². The average Bonchev–Trinajstić information content (AvgIpc) is 2.46. The summed E-state index contributed by atoms with van der Waals surface area (Å²) in [5.74, 6) is 0.00723. The molecule has 0 saturated carbocycles. The van der Waals surface area contributed by atoms with E-state index in [4.69, 9.17) is 5.26 Å². The van der Waals surface area contributed by atoms with Gasteiger partial charge in [0.2, 0.25) is 5.91 Å². The normalized spacial score (nSPS) is 9.85. The first-order valence-corrected chi connectivity index (χ1v) is 6.90. The van der Waals surface area contributed by atoms with Gasteiger partial charge in [-0.15, -0.1) is 0 Å². The highest BCUT2D eigenvalue weighted by atomic mass is 79.9. The van der Waals surface area contributed by atoms with E-state index in [-0.39, 0.29) is 5.91 Å². The van der Waals surface area contributed by atoms with Gasteiger partial charge >= 0.3 is 0 Å². The summed E-state index contributed by atoms with van der Waals surface area (Å²) < 4.78 is 0.962. The second-order valence-electron chi connectivity index (χ2n) is 4.42. The molecule has 2 aromatic carbocycles. The van der Waals surface area contributed by atoms with E-state index in [2.05, 4.69) is 22.0 Å². The molecule has 0 N–H and O–H groups in total. The Hall–Kier alpha value is -2.12. The number of nitrogens with zero attached hydrogens (tertiary/aromatic N) is 2. The van der Waals surface area contributed by atoms with Crippen molar-refractivity contribution in [1.29, 1.82) is 5.26 Å². The minimum Gasteiger partial charge on any atom is -0.315 e. The molecule has 0 aliphatic rings. The number of benzene rings is 2. The molecule has 0 aliphatic heterocycles. The van der Waals surface area contributed by atoms with Crippen LogP contribution in [-0.4, -0.2) is 13.0 Å². The van der Waals surface area contributed by atoms with Crippen LogP contribution in [0.3, 0.4) is 0 Å². The predicted molar refractivity (Wildman–Crippen MR) is 82.4 cm³/mol. The Morgan fingerprint density at radius 1 is 1.25 bits per heavy atom. The average molecular weight is 329 g/mol. The van der Waals surface area contributed by atoms with E-state index in [1.54, 1.807) is 36.2 Å². The van der Waals surface area contributed by atoms with Gasteiger partial charge in [0.15, 0.2) is 0 Å². The molecule has 0 fully saturated rings. The quantitative estimate of drug-likeness (QED) is 0.865. The first-order chi connectivity index (χ1) is 9.60. The maximum absolute atomic E-state index is 12.2. The number of anilines is 1. The fourth-order valence-corrected chi connectivity index (χ4v) is 2.29. The van der Waals surface area contributed by atoms with E-state index in [0.717, 1.165) is 15.7 Å². The molecule has 4 heteroatoms. The van der Waals surface area contributed by atoms with Gasteiger partial charge in [-0.2, -0.15) is 5.26 Å². The van der Waals surface area contributed by atoms with E-state index in [9.17, 15) is 4.79 Å². The summed E-state index contributed by atoms with van der Waals surface area (Å²) in [4.78, 5) is 13.8. The third-order valence-electron chi connectivity index (χ3n) is 3.00. The number of hydrogen-bond acceptors (Lipinski definition) is 2. The molecule has 3 nitrogen and oxygen atoms in total. The Labute approximate surface area is 126 Å². The summed E-state index contributed by atoms with van der Waals surface area (Å²) in [5, 5.41) is 8.76. The lowest BCUT2D eigenvalue weighted by molar-refractivity contribution is -0.117. The number of carbonyl (C=O) groups excluding carboxylic acids is 1. The molecule has 0 atom stereocenters. The standard InChI is InChI=1S/C16H13BrN2O/c1-19(15-7-5-12(11-18)6-8-15)16(20)10-13-3-2-4-14(17)9-13/h2-9H,10H2,1H3. The molecule has 0 radical (unpaired) electrons. The summed E-state index contributed by atoms with van der Waals surface area (Å²) in [6, 6.07) is 16.7. The monoisotopic (exact) mass is 328 g/mol. The SMILES string of the molecule is CN(C(=O)Cc1cccc(Br)c1)c1ccc(C#N)cc1. The number of rotatable bonds is 3. The van der Waals surface area contributed by atoms with Gasteiger partial charge in [0.1, 0.15) is 0 Å². The second-order valence-corrected chi connectivity index (χ2v) is 5.33. The minimum atomic E-state index is 0.00723. The van der Waals surface area contributed by atoms with Crippen molar-refractivity contribution in [3.63, 3.8) is 0 Å². The molecule has 0 heterocycles. The van der Waals surface area contributed by atoms with Crippen molar-refractivity contribution in [2.45, 2.75) is 6.42 Å².